The number of halogens is 2. The largest absolute Gasteiger partial charge is 0.483 e. The number of hydrogen-bond acceptors (Lipinski definition) is 3. The second-order valence-electron chi connectivity index (χ2n) is 10.4. The van der Waals surface area contributed by atoms with Gasteiger partial charge < -0.3 is 15.0 Å². The van der Waals surface area contributed by atoms with Crippen molar-refractivity contribution in [1.29, 1.82) is 0 Å². The summed E-state index contributed by atoms with van der Waals surface area (Å²) in [5.41, 5.74) is 2.14. The van der Waals surface area contributed by atoms with Crippen LogP contribution in [0.1, 0.15) is 70.9 Å². The van der Waals surface area contributed by atoms with Crippen molar-refractivity contribution in [3.05, 3.63) is 62.5 Å². The third-order valence-electron chi connectivity index (χ3n) is 6.53. The molecule has 7 heteroatoms. The fraction of sp³-hybridized carbons (Fsp3) is 0.500. The zero-order valence-corrected chi connectivity index (χ0v) is 24.2. The van der Waals surface area contributed by atoms with E-state index >= 15 is 0 Å². The molecule has 2 amide bonds. The Morgan fingerprint density at radius 2 is 1.71 bits per heavy atom. The summed E-state index contributed by atoms with van der Waals surface area (Å²) in [5, 5.41) is 3.16. The van der Waals surface area contributed by atoms with Crippen molar-refractivity contribution in [2.45, 2.75) is 83.8 Å². The molecule has 5 nitrogen and oxygen atoms in total. The number of amides is 2. The Morgan fingerprint density at radius 3 is 2.31 bits per heavy atom. The highest BCUT2D eigenvalue weighted by molar-refractivity contribution is 9.10. The van der Waals surface area contributed by atoms with Gasteiger partial charge >= 0.3 is 0 Å². The Hall–Kier alpha value is -1.86. The first kappa shape index (κ1) is 27.7. The van der Waals surface area contributed by atoms with Crippen LogP contribution in [0.25, 0.3) is 0 Å². The Balaban J connectivity index is 1.72. The molecule has 2 aromatic rings. The number of nitrogens with zero attached hydrogens (tertiary/aromatic N) is 1. The van der Waals surface area contributed by atoms with Crippen LogP contribution in [-0.4, -0.2) is 35.4 Å². The quantitative estimate of drug-likeness (QED) is 0.361. The number of benzene rings is 2. The van der Waals surface area contributed by atoms with Gasteiger partial charge in [-0.15, -0.1) is 0 Å². The molecule has 0 heterocycles. The number of nitrogens with one attached hydrogen (secondary N) is 1. The van der Waals surface area contributed by atoms with Gasteiger partial charge in [0.25, 0.3) is 5.91 Å². The van der Waals surface area contributed by atoms with Gasteiger partial charge in [-0.25, -0.2) is 0 Å². The van der Waals surface area contributed by atoms with Gasteiger partial charge in [0.2, 0.25) is 5.91 Å². The summed E-state index contributed by atoms with van der Waals surface area (Å²) in [6.45, 7) is 8.43. The fourth-order valence-electron chi connectivity index (χ4n) is 4.24. The first-order valence-electron chi connectivity index (χ1n) is 12.3. The van der Waals surface area contributed by atoms with E-state index in [2.05, 4.69) is 57.9 Å². The van der Waals surface area contributed by atoms with E-state index in [0.29, 0.717) is 12.3 Å². The summed E-state index contributed by atoms with van der Waals surface area (Å²) in [6, 6.07) is 13.3. The van der Waals surface area contributed by atoms with E-state index in [1.165, 1.54) is 12.0 Å². The van der Waals surface area contributed by atoms with Crippen LogP contribution in [0.3, 0.4) is 0 Å². The predicted octanol–water partition coefficient (Wildman–Crippen LogP) is 6.75. The van der Waals surface area contributed by atoms with Crippen molar-refractivity contribution in [3.63, 3.8) is 0 Å². The highest BCUT2D eigenvalue weighted by Crippen LogP contribution is 2.31. The van der Waals surface area contributed by atoms with E-state index in [1.807, 2.05) is 42.5 Å². The summed E-state index contributed by atoms with van der Waals surface area (Å²) in [7, 11) is 0. The molecule has 1 atom stereocenters. The molecule has 0 radical (unpaired) electrons. The maximum atomic E-state index is 13.4. The summed E-state index contributed by atoms with van der Waals surface area (Å²) in [6.07, 6.45) is 5.50. The van der Waals surface area contributed by atoms with Crippen LogP contribution in [0.2, 0.25) is 0 Å². The van der Waals surface area contributed by atoms with Crippen molar-refractivity contribution in [2.75, 3.05) is 6.61 Å². The number of carbonyl (C=O) groups excluding carboxylic acids is 2. The number of rotatable bonds is 8. The molecule has 0 aromatic heterocycles. The third-order valence-corrected chi connectivity index (χ3v) is 7.68. The van der Waals surface area contributed by atoms with Gasteiger partial charge in [0.05, 0.1) is 4.47 Å². The minimum absolute atomic E-state index is 0.0134. The van der Waals surface area contributed by atoms with Gasteiger partial charge in [0, 0.05) is 17.1 Å². The zero-order chi connectivity index (χ0) is 25.6. The van der Waals surface area contributed by atoms with Crippen LogP contribution >= 0.6 is 31.9 Å². The average Bonchev–Trinajstić information content (AvgIpc) is 2.82. The Labute approximate surface area is 226 Å². The molecule has 0 spiro atoms. The highest BCUT2D eigenvalue weighted by Gasteiger charge is 2.28. The molecule has 190 valence electrons. The number of ether oxygens (including phenoxy) is 1. The van der Waals surface area contributed by atoms with E-state index in [0.717, 1.165) is 40.2 Å². The van der Waals surface area contributed by atoms with Gasteiger partial charge in [-0.3, -0.25) is 9.59 Å². The lowest BCUT2D eigenvalue weighted by Crippen LogP contribution is -2.51. The molecular formula is C28H36Br2N2O3. The second-order valence-corrected chi connectivity index (χ2v) is 12.1. The smallest absolute Gasteiger partial charge is 0.261 e. The average molecular weight is 608 g/mol. The topological polar surface area (TPSA) is 58.6 Å². The summed E-state index contributed by atoms with van der Waals surface area (Å²) in [4.78, 5) is 28.1. The molecule has 0 unspecified atom stereocenters. The Bertz CT molecular complexity index is 1010. The van der Waals surface area contributed by atoms with Gasteiger partial charge in [0.15, 0.2) is 6.61 Å². The maximum absolute atomic E-state index is 13.4. The van der Waals surface area contributed by atoms with Crippen LogP contribution < -0.4 is 10.1 Å². The second kappa shape index (κ2) is 12.4. The summed E-state index contributed by atoms with van der Waals surface area (Å²) in [5.74, 6) is 0.262. The number of carbonyl (C=O) groups is 2. The molecule has 0 aliphatic heterocycles. The summed E-state index contributed by atoms with van der Waals surface area (Å²) < 4.78 is 7.68. The SMILES string of the molecule is C[C@H](C(=O)NC1CCCCC1)N(Cc1ccc(Br)cc1)C(=O)COc1ccc(C(C)(C)C)cc1Br. The fourth-order valence-corrected chi connectivity index (χ4v) is 5.00. The van der Waals surface area contributed by atoms with Crippen molar-refractivity contribution in [2.24, 2.45) is 0 Å². The zero-order valence-electron chi connectivity index (χ0n) is 21.1. The van der Waals surface area contributed by atoms with E-state index in [9.17, 15) is 9.59 Å². The molecule has 1 aliphatic carbocycles. The lowest BCUT2D eigenvalue weighted by molar-refractivity contribution is -0.142. The van der Waals surface area contributed by atoms with Crippen molar-refractivity contribution in [3.8, 4) is 5.75 Å². The van der Waals surface area contributed by atoms with Gasteiger partial charge in [-0.05, 0) is 76.5 Å². The van der Waals surface area contributed by atoms with E-state index in [-0.39, 0.29) is 29.9 Å². The molecule has 3 rings (SSSR count). The standard InChI is InChI=1S/C28H36Br2N2O3/c1-19(27(34)31-23-8-6-5-7-9-23)32(17-20-10-13-22(29)14-11-20)26(33)18-35-25-15-12-21(16-24(25)30)28(2,3)4/h10-16,19,23H,5-9,17-18H2,1-4H3,(H,31,34)/t19-/m1/s1. The van der Waals surface area contributed by atoms with E-state index < -0.39 is 6.04 Å². The molecule has 35 heavy (non-hydrogen) atoms. The molecule has 1 N–H and O–H groups in total. The van der Waals surface area contributed by atoms with Gasteiger partial charge in [0.1, 0.15) is 11.8 Å². The predicted molar refractivity (Wildman–Crippen MR) is 148 cm³/mol. The van der Waals surface area contributed by atoms with Crippen molar-refractivity contribution < 1.29 is 14.3 Å². The van der Waals surface area contributed by atoms with E-state index in [4.69, 9.17) is 4.74 Å². The molecule has 2 aromatic carbocycles. The maximum Gasteiger partial charge on any atom is 0.261 e. The van der Waals surface area contributed by atoms with Crippen LogP contribution in [0.5, 0.6) is 5.75 Å². The number of hydrogen-bond donors (Lipinski definition) is 1. The van der Waals surface area contributed by atoms with Crippen LogP contribution in [0, 0.1) is 0 Å². The third kappa shape index (κ3) is 8.07. The normalized spacial score (nSPS) is 15.4. The Kier molecular flexibility index (Phi) is 9.82. The van der Waals surface area contributed by atoms with Crippen molar-refractivity contribution >= 4 is 43.7 Å². The first-order valence-corrected chi connectivity index (χ1v) is 13.9. The van der Waals surface area contributed by atoms with E-state index in [1.54, 1.807) is 11.8 Å². The Morgan fingerprint density at radius 1 is 1.06 bits per heavy atom. The van der Waals surface area contributed by atoms with Gasteiger partial charge in [-0.2, -0.15) is 0 Å². The molecule has 1 saturated carbocycles. The lowest BCUT2D eigenvalue weighted by atomic mass is 9.87. The molecule has 1 fully saturated rings. The first-order chi connectivity index (χ1) is 16.5. The molecule has 1 aliphatic rings. The van der Waals surface area contributed by atoms with Crippen molar-refractivity contribution in [1.82, 2.24) is 10.2 Å². The van der Waals surface area contributed by atoms with Crippen LogP contribution in [-0.2, 0) is 21.5 Å². The minimum Gasteiger partial charge on any atom is -0.483 e. The van der Waals surface area contributed by atoms with Crippen LogP contribution in [0.4, 0.5) is 0 Å². The monoisotopic (exact) mass is 606 g/mol. The van der Waals surface area contributed by atoms with Crippen LogP contribution in [0.15, 0.2) is 51.4 Å². The van der Waals surface area contributed by atoms with Gasteiger partial charge in [-0.1, -0.05) is 74.2 Å². The minimum atomic E-state index is -0.608. The lowest BCUT2D eigenvalue weighted by Gasteiger charge is -2.31. The molecular weight excluding hydrogens is 572 g/mol. The summed E-state index contributed by atoms with van der Waals surface area (Å²) >= 11 is 7.03. The highest BCUT2D eigenvalue weighted by atomic mass is 79.9. The molecule has 0 saturated heterocycles. The molecule has 0 bridgehead atoms.